The van der Waals surface area contributed by atoms with Gasteiger partial charge in [0, 0.05) is 5.92 Å². The van der Waals surface area contributed by atoms with E-state index in [-0.39, 0.29) is 12.0 Å². The number of hydrogen-bond donors (Lipinski definition) is 1. The molecule has 0 heterocycles. The van der Waals surface area contributed by atoms with E-state index < -0.39 is 0 Å². The predicted molar refractivity (Wildman–Crippen MR) is 63.4 cm³/mol. The van der Waals surface area contributed by atoms with E-state index in [1.165, 1.54) is 19.3 Å². The Hall–Kier alpha value is -0.550. The highest BCUT2D eigenvalue weighted by Crippen LogP contribution is 2.17. The molecule has 0 aliphatic carbocycles. The highest BCUT2D eigenvalue weighted by molar-refractivity contribution is 4.84. The van der Waals surface area contributed by atoms with Crippen molar-refractivity contribution in [1.82, 2.24) is 0 Å². The van der Waals surface area contributed by atoms with E-state index in [2.05, 4.69) is 19.9 Å². The van der Waals surface area contributed by atoms with Crippen molar-refractivity contribution in [1.29, 1.82) is 5.26 Å². The van der Waals surface area contributed by atoms with Crippen molar-refractivity contribution in [3.8, 4) is 6.07 Å². The Balaban J connectivity index is 3.59. The van der Waals surface area contributed by atoms with Gasteiger partial charge in [0.15, 0.2) is 0 Å². The normalized spacial score (nSPS) is 14.5. The fraction of sp³-hybridized carbons (Fsp3) is 0.923. The molecule has 2 nitrogen and oxygen atoms in total. The Morgan fingerprint density at radius 3 is 2.33 bits per heavy atom. The Labute approximate surface area is 94.3 Å². The molecule has 2 heteroatoms. The standard InChI is InChI=1S/C13H25NO/c1-3-5-6-7-9-12(11-14)10-13(15)8-4-2/h12-13,15H,3-10H2,1-2H3. The summed E-state index contributed by atoms with van der Waals surface area (Å²) in [5.41, 5.74) is 0. The molecule has 0 fully saturated rings. The summed E-state index contributed by atoms with van der Waals surface area (Å²) in [6.45, 7) is 4.25. The van der Waals surface area contributed by atoms with Gasteiger partial charge in [0.05, 0.1) is 12.2 Å². The smallest absolute Gasteiger partial charge is 0.0656 e. The van der Waals surface area contributed by atoms with Crippen LogP contribution in [-0.2, 0) is 0 Å². The summed E-state index contributed by atoms with van der Waals surface area (Å²) in [5.74, 6) is 0.0587. The van der Waals surface area contributed by atoms with E-state index in [1.54, 1.807) is 0 Å². The largest absolute Gasteiger partial charge is 0.393 e. The van der Waals surface area contributed by atoms with Crippen molar-refractivity contribution >= 4 is 0 Å². The highest BCUT2D eigenvalue weighted by Gasteiger charge is 2.12. The first kappa shape index (κ1) is 14.5. The Morgan fingerprint density at radius 2 is 1.80 bits per heavy atom. The molecule has 15 heavy (non-hydrogen) atoms. The zero-order valence-electron chi connectivity index (χ0n) is 10.2. The van der Waals surface area contributed by atoms with Crippen LogP contribution in [0, 0.1) is 17.2 Å². The molecule has 0 aliphatic heterocycles. The SMILES string of the molecule is CCCCCCC(C#N)CC(O)CCC. The monoisotopic (exact) mass is 211 g/mol. The first-order valence-electron chi connectivity index (χ1n) is 6.32. The van der Waals surface area contributed by atoms with Crippen LogP contribution >= 0.6 is 0 Å². The molecule has 0 aromatic rings. The van der Waals surface area contributed by atoms with Gasteiger partial charge in [0.25, 0.3) is 0 Å². The van der Waals surface area contributed by atoms with Gasteiger partial charge >= 0.3 is 0 Å². The maximum atomic E-state index is 9.60. The van der Waals surface area contributed by atoms with E-state index in [1.807, 2.05) is 0 Å². The summed E-state index contributed by atoms with van der Waals surface area (Å²) in [5, 5.41) is 18.5. The van der Waals surface area contributed by atoms with Crippen molar-refractivity contribution in [3.63, 3.8) is 0 Å². The molecule has 0 bridgehead atoms. The molecular weight excluding hydrogens is 186 g/mol. The molecule has 88 valence electrons. The summed E-state index contributed by atoms with van der Waals surface area (Å²) in [6.07, 6.45) is 8.01. The second-order valence-electron chi connectivity index (χ2n) is 4.35. The lowest BCUT2D eigenvalue weighted by Gasteiger charge is -2.13. The van der Waals surface area contributed by atoms with Crippen LogP contribution in [0.25, 0.3) is 0 Å². The maximum absolute atomic E-state index is 9.60. The summed E-state index contributed by atoms with van der Waals surface area (Å²) in [7, 11) is 0. The minimum absolute atomic E-state index is 0.0587. The molecule has 1 N–H and O–H groups in total. The average Bonchev–Trinajstić information content (AvgIpc) is 2.23. The molecule has 2 atom stereocenters. The van der Waals surface area contributed by atoms with Crippen LogP contribution < -0.4 is 0 Å². The van der Waals surface area contributed by atoms with Gasteiger partial charge in [-0.05, 0) is 19.3 Å². The molecule has 0 saturated carbocycles. The molecule has 0 radical (unpaired) electrons. The Morgan fingerprint density at radius 1 is 1.07 bits per heavy atom. The van der Waals surface area contributed by atoms with Crippen LogP contribution in [0.15, 0.2) is 0 Å². The van der Waals surface area contributed by atoms with Gasteiger partial charge in [0.1, 0.15) is 0 Å². The molecule has 0 spiro atoms. The third-order valence-corrected chi connectivity index (χ3v) is 2.77. The quantitative estimate of drug-likeness (QED) is 0.592. The van der Waals surface area contributed by atoms with Gasteiger partial charge in [-0.15, -0.1) is 0 Å². The first-order valence-corrected chi connectivity index (χ1v) is 6.32. The van der Waals surface area contributed by atoms with Gasteiger partial charge in [-0.2, -0.15) is 5.26 Å². The summed E-state index contributed by atoms with van der Waals surface area (Å²) >= 11 is 0. The molecule has 0 aromatic carbocycles. The minimum Gasteiger partial charge on any atom is -0.393 e. The lowest BCUT2D eigenvalue weighted by molar-refractivity contribution is 0.139. The van der Waals surface area contributed by atoms with Crippen molar-refractivity contribution in [2.45, 2.75) is 71.3 Å². The van der Waals surface area contributed by atoms with Crippen LogP contribution in [0.1, 0.15) is 65.2 Å². The van der Waals surface area contributed by atoms with Gasteiger partial charge in [-0.1, -0.05) is 46.0 Å². The fourth-order valence-electron chi connectivity index (χ4n) is 1.83. The Kier molecular flexibility index (Phi) is 9.62. The molecule has 0 saturated heterocycles. The van der Waals surface area contributed by atoms with Crippen LogP contribution in [0.4, 0.5) is 0 Å². The molecule has 0 amide bonds. The van der Waals surface area contributed by atoms with E-state index in [9.17, 15) is 5.11 Å². The van der Waals surface area contributed by atoms with E-state index >= 15 is 0 Å². The van der Waals surface area contributed by atoms with Crippen LogP contribution in [0.5, 0.6) is 0 Å². The number of aliphatic hydroxyl groups excluding tert-OH is 1. The minimum atomic E-state index is -0.272. The first-order chi connectivity index (χ1) is 7.24. The topological polar surface area (TPSA) is 44.0 Å². The number of unbranched alkanes of at least 4 members (excludes halogenated alkanes) is 3. The van der Waals surface area contributed by atoms with Crippen molar-refractivity contribution in [2.75, 3.05) is 0 Å². The highest BCUT2D eigenvalue weighted by atomic mass is 16.3. The average molecular weight is 211 g/mol. The lowest BCUT2D eigenvalue weighted by Crippen LogP contribution is -2.12. The Bertz CT molecular complexity index is 174. The zero-order chi connectivity index (χ0) is 11.5. The third kappa shape index (κ3) is 8.44. The van der Waals surface area contributed by atoms with Gasteiger partial charge < -0.3 is 5.11 Å². The van der Waals surface area contributed by atoms with E-state index in [0.717, 1.165) is 25.7 Å². The summed E-state index contributed by atoms with van der Waals surface area (Å²) < 4.78 is 0. The van der Waals surface area contributed by atoms with Crippen molar-refractivity contribution < 1.29 is 5.11 Å². The fourth-order valence-corrected chi connectivity index (χ4v) is 1.83. The predicted octanol–water partition coefficient (Wildman–Crippen LogP) is 3.65. The van der Waals surface area contributed by atoms with Crippen LogP contribution in [-0.4, -0.2) is 11.2 Å². The van der Waals surface area contributed by atoms with Crippen LogP contribution in [0.3, 0.4) is 0 Å². The summed E-state index contributed by atoms with van der Waals surface area (Å²) in [6, 6.07) is 2.31. The van der Waals surface area contributed by atoms with Gasteiger partial charge in [0.2, 0.25) is 0 Å². The number of nitriles is 1. The van der Waals surface area contributed by atoms with Crippen molar-refractivity contribution in [2.24, 2.45) is 5.92 Å². The van der Waals surface area contributed by atoms with Gasteiger partial charge in [-0.25, -0.2) is 0 Å². The number of aliphatic hydroxyl groups is 1. The lowest BCUT2D eigenvalue weighted by atomic mass is 9.94. The second kappa shape index (κ2) is 9.98. The van der Waals surface area contributed by atoms with E-state index in [0.29, 0.717) is 6.42 Å². The van der Waals surface area contributed by atoms with Crippen molar-refractivity contribution in [3.05, 3.63) is 0 Å². The number of hydrogen-bond acceptors (Lipinski definition) is 2. The molecule has 0 rings (SSSR count). The molecule has 2 unspecified atom stereocenters. The molecular formula is C13H25NO. The number of nitrogens with zero attached hydrogens (tertiary/aromatic N) is 1. The molecule has 0 aliphatic rings. The maximum Gasteiger partial charge on any atom is 0.0656 e. The number of rotatable bonds is 9. The van der Waals surface area contributed by atoms with Gasteiger partial charge in [-0.3, -0.25) is 0 Å². The zero-order valence-corrected chi connectivity index (χ0v) is 10.2. The third-order valence-electron chi connectivity index (χ3n) is 2.77. The molecule has 0 aromatic heterocycles. The second-order valence-corrected chi connectivity index (χ2v) is 4.35. The summed E-state index contributed by atoms with van der Waals surface area (Å²) in [4.78, 5) is 0. The van der Waals surface area contributed by atoms with Crippen LogP contribution in [0.2, 0.25) is 0 Å². The van der Waals surface area contributed by atoms with E-state index in [4.69, 9.17) is 5.26 Å².